The Kier molecular flexibility index (Phi) is 5.48. The van der Waals surface area contributed by atoms with Crippen LogP contribution in [0.2, 0.25) is 0 Å². The number of aryl methyl sites for hydroxylation is 1. The third-order valence-electron chi connectivity index (χ3n) is 4.13. The first-order chi connectivity index (χ1) is 11.7. The Hall–Kier alpha value is -1.92. The second kappa shape index (κ2) is 7.77. The Morgan fingerprint density at radius 3 is 2.50 bits per heavy atom. The van der Waals surface area contributed by atoms with Gasteiger partial charge in [0.2, 0.25) is 0 Å². The van der Waals surface area contributed by atoms with E-state index in [1.165, 1.54) is 16.9 Å². The molecule has 1 aromatic carbocycles. The molecule has 0 N–H and O–H groups in total. The van der Waals surface area contributed by atoms with E-state index in [1.54, 1.807) is 6.20 Å². The van der Waals surface area contributed by atoms with Crippen LogP contribution >= 0.6 is 11.3 Å². The first kappa shape index (κ1) is 16.9. The molecule has 1 amide bonds. The van der Waals surface area contributed by atoms with Gasteiger partial charge in [-0.05, 0) is 31.5 Å². The van der Waals surface area contributed by atoms with Crippen LogP contribution in [-0.2, 0) is 6.54 Å². The van der Waals surface area contributed by atoms with Crippen LogP contribution in [0.25, 0.3) is 0 Å². The molecule has 1 aliphatic rings. The van der Waals surface area contributed by atoms with Crippen molar-refractivity contribution in [3.8, 4) is 5.75 Å². The molecule has 3 rings (SSSR count). The van der Waals surface area contributed by atoms with E-state index in [9.17, 15) is 4.79 Å². The average Bonchev–Trinajstić information content (AvgIpc) is 3.03. The van der Waals surface area contributed by atoms with Crippen LogP contribution in [0.15, 0.2) is 30.5 Å². The first-order valence-corrected chi connectivity index (χ1v) is 9.13. The maximum Gasteiger partial charge on any atom is 0.265 e. The number of rotatable bonds is 5. The number of carbonyl (C=O) groups excluding carboxylic acids is 1. The lowest BCUT2D eigenvalue weighted by Gasteiger charge is -2.34. The van der Waals surface area contributed by atoms with E-state index in [-0.39, 0.29) is 5.91 Å². The minimum Gasteiger partial charge on any atom is -0.494 e. The fourth-order valence-corrected chi connectivity index (χ4v) is 3.59. The van der Waals surface area contributed by atoms with Gasteiger partial charge in [0.15, 0.2) is 0 Å². The summed E-state index contributed by atoms with van der Waals surface area (Å²) in [7, 11) is 0. The topological polar surface area (TPSA) is 45.7 Å². The highest BCUT2D eigenvalue weighted by Crippen LogP contribution is 2.17. The van der Waals surface area contributed by atoms with E-state index in [2.05, 4.69) is 22.0 Å². The van der Waals surface area contributed by atoms with Crippen molar-refractivity contribution >= 4 is 17.2 Å². The third-order valence-corrected chi connectivity index (χ3v) is 5.03. The number of amides is 1. The van der Waals surface area contributed by atoms with E-state index in [0.717, 1.165) is 48.4 Å². The summed E-state index contributed by atoms with van der Waals surface area (Å²) >= 11 is 1.47. The minimum absolute atomic E-state index is 0.112. The highest BCUT2D eigenvalue weighted by atomic mass is 32.1. The van der Waals surface area contributed by atoms with Crippen LogP contribution in [0.5, 0.6) is 5.75 Å². The molecule has 0 unspecified atom stereocenters. The summed E-state index contributed by atoms with van der Waals surface area (Å²) in [6.07, 6.45) is 1.69. The van der Waals surface area contributed by atoms with Gasteiger partial charge < -0.3 is 9.64 Å². The molecule has 1 aliphatic heterocycles. The Morgan fingerprint density at radius 2 is 1.92 bits per heavy atom. The number of hydrogen-bond donors (Lipinski definition) is 0. The molecule has 0 radical (unpaired) electrons. The number of ether oxygens (including phenoxy) is 1. The van der Waals surface area contributed by atoms with Gasteiger partial charge in [-0.3, -0.25) is 9.69 Å². The van der Waals surface area contributed by atoms with E-state index >= 15 is 0 Å². The summed E-state index contributed by atoms with van der Waals surface area (Å²) in [5.41, 5.74) is 1.27. The fourth-order valence-electron chi connectivity index (χ4n) is 2.84. The van der Waals surface area contributed by atoms with Crippen molar-refractivity contribution in [1.29, 1.82) is 0 Å². The lowest BCUT2D eigenvalue weighted by atomic mass is 10.2. The summed E-state index contributed by atoms with van der Waals surface area (Å²) < 4.78 is 5.47. The third kappa shape index (κ3) is 4.13. The second-order valence-corrected chi connectivity index (χ2v) is 7.12. The lowest BCUT2D eigenvalue weighted by Crippen LogP contribution is -2.48. The molecule has 0 aliphatic carbocycles. The molecule has 1 aromatic heterocycles. The van der Waals surface area contributed by atoms with Gasteiger partial charge in [-0.1, -0.05) is 12.1 Å². The quantitative estimate of drug-likeness (QED) is 0.836. The molecular weight excluding hydrogens is 322 g/mol. The Bertz CT molecular complexity index is 676. The maximum absolute atomic E-state index is 12.4. The minimum atomic E-state index is 0.112. The molecule has 5 nitrogen and oxygen atoms in total. The largest absolute Gasteiger partial charge is 0.494 e. The van der Waals surface area contributed by atoms with Crippen molar-refractivity contribution in [1.82, 2.24) is 14.8 Å². The molecule has 1 saturated heterocycles. The zero-order valence-corrected chi connectivity index (χ0v) is 15.0. The van der Waals surface area contributed by atoms with Crippen molar-refractivity contribution in [2.75, 3.05) is 32.8 Å². The van der Waals surface area contributed by atoms with E-state index in [0.29, 0.717) is 6.61 Å². The maximum atomic E-state index is 12.4. The Balaban J connectivity index is 1.50. The van der Waals surface area contributed by atoms with Crippen LogP contribution in [-0.4, -0.2) is 53.5 Å². The normalized spacial score (nSPS) is 15.5. The second-order valence-electron chi connectivity index (χ2n) is 5.89. The molecule has 0 saturated carbocycles. The SMILES string of the molecule is CCOc1ccc(CN2CCN(C(=O)c3cnc(C)s3)CC2)cc1. The summed E-state index contributed by atoms with van der Waals surface area (Å²) in [5, 5.41) is 0.937. The Labute approximate surface area is 146 Å². The number of piperazine rings is 1. The zero-order chi connectivity index (χ0) is 16.9. The van der Waals surface area contributed by atoms with Gasteiger partial charge in [0.1, 0.15) is 10.6 Å². The van der Waals surface area contributed by atoms with Crippen LogP contribution in [0.4, 0.5) is 0 Å². The summed E-state index contributed by atoms with van der Waals surface area (Å²) in [6.45, 7) is 8.86. The molecule has 1 fully saturated rings. The predicted molar refractivity (Wildman–Crippen MR) is 95.6 cm³/mol. The molecule has 2 heterocycles. The van der Waals surface area contributed by atoms with Crippen molar-refractivity contribution < 1.29 is 9.53 Å². The van der Waals surface area contributed by atoms with Crippen LogP contribution in [0.1, 0.15) is 27.2 Å². The predicted octanol–water partition coefficient (Wildman–Crippen LogP) is 2.81. The monoisotopic (exact) mass is 345 g/mol. The molecule has 0 bridgehead atoms. The molecule has 24 heavy (non-hydrogen) atoms. The zero-order valence-electron chi connectivity index (χ0n) is 14.2. The summed E-state index contributed by atoms with van der Waals surface area (Å²) in [5.74, 6) is 1.03. The molecule has 128 valence electrons. The lowest BCUT2D eigenvalue weighted by molar-refractivity contribution is 0.0633. The smallest absolute Gasteiger partial charge is 0.265 e. The standard InChI is InChI=1S/C18H23N3O2S/c1-3-23-16-6-4-15(5-7-16)13-20-8-10-21(11-9-20)18(22)17-12-19-14(2)24-17/h4-7,12H,3,8-11,13H2,1-2H3. The van der Waals surface area contributed by atoms with E-state index < -0.39 is 0 Å². The fraction of sp³-hybridized carbons (Fsp3) is 0.444. The number of hydrogen-bond acceptors (Lipinski definition) is 5. The van der Waals surface area contributed by atoms with Gasteiger partial charge in [-0.15, -0.1) is 11.3 Å². The van der Waals surface area contributed by atoms with Crippen molar-refractivity contribution in [2.45, 2.75) is 20.4 Å². The van der Waals surface area contributed by atoms with Crippen molar-refractivity contribution in [2.24, 2.45) is 0 Å². The van der Waals surface area contributed by atoms with Crippen LogP contribution in [0, 0.1) is 6.92 Å². The van der Waals surface area contributed by atoms with Gasteiger partial charge in [0.25, 0.3) is 5.91 Å². The first-order valence-electron chi connectivity index (χ1n) is 8.31. The van der Waals surface area contributed by atoms with Crippen LogP contribution < -0.4 is 4.74 Å². The van der Waals surface area contributed by atoms with Crippen molar-refractivity contribution in [3.63, 3.8) is 0 Å². The molecular formula is C18H23N3O2S. The van der Waals surface area contributed by atoms with Gasteiger partial charge in [0.05, 0.1) is 17.8 Å². The number of aromatic nitrogens is 1. The number of benzene rings is 1. The molecule has 2 aromatic rings. The number of thiazole rings is 1. The number of carbonyl (C=O) groups is 1. The summed E-state index contributed by atoms with van der Waals surface area (Å²) in [6, 6.07) is 8.26. The van der Waals surface area contributed by atoms with Crippen LogP contribution in [0.3, 0.4) is 0 Å². The molecule has 0 atom stereocenters. The number of nitrogens with zero attached hydrogens (tertiary/aromatic N) is 3. The Morgan fingerprint density at radius 1 is 1.21 bits per heavy atom. The average molecular weight is 345 g/mol. The summed E-state index contributed by atoms with van der Waals surface area (Å²) in [4.78, 5) is 21.7. The molecule has 0 spiro atoms. The van der Waals surface area contributed by atoms with E-state index in [1.807, 2.05) is 30.9 Å². The van der Waals surface area contributed by atoms with E-state index in [4.69, 9.17) is 4.74 Å². The van der Waals surface area contributed by atoms with Crippen molar-refractivity contribution in [3.05, 3.63) is 45.9 Å². The van der Waals surface area contributed by atoms with Gasteiger partial charge in [0, 0.05) is 32.7 Å². The van der Waals surface area contributed by atoms with Gasteiger partial charge >= 0.3 is 0 Å². The van der Waals surface area contributed by atoms with Gasteiger partial charge in [-0.2, -0.15) is 0 Å². The highest BCUT2D eigenvalue weighted by Gasteiger charge is 2.23. The highest BCUT2D eigenvalue weighted by molar-refractivity contribution is 7.13. The van der Waals surface area contributed by atoms with Gasteiger partial charge in [-0.25, -0.2) is 4.98 Å². The molecule has 6 heteroatoms.